The summed E-state index contributed by atoms with van der Waals surface area (Å²) in [6.07, 6.45) is 0. The molecule has 1 aliphatic heterocycles. The van der Waals surface area contributed by atoms with Crippen LogP contribution in [0, 0.1) is 10.1 Å². The number of carbonyl (C=O) groups is 1. The SMILES string of the molecule is O=C(COc1c(Cl)cc(Cl)cc1[N+](=O)[O-])N1CCN(Cc2ccc(Cl)cc2)CC1. The minimum absolute atomic E-state index is 0.00946. The molecule has 7 nitrogen and oxygen atoms in total. The Bertz CT molecular complexity index is 900. The summed E-state index contributed by atoms with van der Waals surface area (Å²) < 4.78 is 5.38. The lowest BCUT2D eigenvalue weighted by Gasteiger charge is -2.34. The molecular formula is C19H18Cl3N3O4. The van der Waals surface area contributed by atoms with Gasteiger partial charge in [0.05, 0.1) is 9.95 Å². The van der Waals surface area contributed by atoms with Crippen molar-refractivity contribution in [2.24, 2.45) is 0 Å². The lowest BCUT2D eigenvalue weighted by molar-refractivity contribution is -0.385. The van der Waals surface area contributed by atoms with Crippen LogP contribution in [0.1, 0.15) is 5.56 Å². The highest BCUT2D eigenvalue weighted by Gasteiger charge is 2.25. The van der Waals surface area contributed by atoms with Crippen LogP contribution in [-0.2, 0) is 11.3 Å². The van der Waals surface area contributed by atoms with Crippen LogP contribution in [0.5, 0.6) is 5.75 Å². The Hall–Kier alpha value is -2.06. The summed E-state index contributed by atoms with van der Waals surface area (Å²) in [5, 5.41) is 12.0. The standard InChI is InChI=1S/C19H18Cl3N3O4/c20-14-3-1-13(2-4-14)11-23-5-7-24(8-6-23)18(26)12-29-19-16(22)9-15(21)10-17(19)25(27)28/h1-4,9-10H,5-8,11-12H2. The number of halogens is 3. The number of amides is 1. The molecule has 0 saturated carbocycles. The van der Waals surface area contributed by atoms with E-state index in [9.17, 15) is 14.9 Å². The van der Waals surface area contributed by atoms with Crippen molar-refractivity contribution in [3.05, 3.63) is 67.1 Å². The van der Waals surface area contributed by atoms with Crippen LogP contribution in [0.15, 0.2) is 36.4 Å². The average Bonchev–Trinajstić information content (AvgIpc) is 2.69. The molecular weight excluding hydrogens is 441 g/mol. The van der Waals surface area contributed by atoms with Gasteiger partial charge in [-0.3, -0.25) is 19.8 Å². The molecule has 0 aliphatic carbocycles. The molecule has 2 aromatic carbocycles. The van der Waals surface area contributed by atoms with Gasteiger partial charge in [-0.05, 0) is 23.8 Å². The van der Waals surface area contributed by atoms with Crippen molar-refractivity contribution in [2.75, 3.05) is 32.8 Å². The van der Waals surface area contributed by atoms with E-state index in [-0.39, 0.29) is 34.0 Å². The van der Waals surface area contributed by atoms with Gasteiger partial charge < -0.3 is 9.64 Å². The van der Waals surface area contributed by atoms with Gasteiger partial charge in [-0.1, -0.05) is 46.9 Å². The maximum atomic E-state index is 12.5. The third-order valence-electron chi connectivity index (χ3n) is 4.57. The Kier molecular flexibility index (Phi) is 7.18. The Balaban J connectivity index is 1.53. The van der Waals surface area contributed by atoms with Crippen molar-refractivity contribution in [2.45, 2.75) is 6.54 Å². The maximum Gasteiger partial charge on any atom is 0.314 e. The van der Waals surface area contributed by atoms with E-state index >= 15 is 0 Å². The van der Waals surface area contributed by atoms with Crippen LogP contribution in [0.4, 0.5) is 5.69 Å². The van der Waals surface area contributed by atoms with Crippen molar-refractivity contribution < 1.29 is 14.5 Å². The molecule has 0 unspecified atom stereocenters. The van der Waals surface area contributed by atoms with Gasteiger partial charge in [-0.25, -0.2) is 0 Å². The van der Waals surface area contributed by atoms with Gasteiger partial charge in [-0.15, -0.1) is 0 Å². The molecule has 1 fully saturated rings. The molecule has 0 bridgehead atoms. The molecule has 1 heterocycles. The summed E-state index contributed by atoms with van der Waals surface area (Å²) >= 11 is 17.7. The van der Waals surface area contributed by atoms with E-state index in [0.29, 0.717) is 18.1 Å². The number of hydrogen-bond donors (Lipinski definition) is 0. The van der Waals surface area contributed by atoms with Gasteiger partial charge >= 0.3 is 5.69 Å². The lowest BCUT2D eigenvalue weighted by atomic mass is 10.2. The van der Waals surface area contributed by atoms with E-state index in [1.54, 1.807) is 4.90 Å². The normalized spacial score (nSPS) is 14.7. The highest BCUT2D eigenvalue weighted by atomic mass is 35.5. The highest BCUT2D eigenvalue weighted by molar-refractivity contribution is 6.36. The first kappa shape index (κ1) is 21.6. The zero-order valence-electron chi connectivity index (χ0n) is 15.3. The summed E-state index contributed by atoms with van der Waals surface area (Å²) in [6.45, 7) is 2.98. The van der Waals surface area contributed by atoms with Crippen molar-refractivity contribution in [3.63, 3.8) is 0 Å². The molecule has 1 saturated heterocycles. The predicted octanol–water partition coefficient (Wildman–Crippen LogP) is 4.28. The number of nitro benzene ring substituents is 1. The number of rotatable bonds is 6. The maximum absolute atomic E-state index is 12.5. The molecule has 10 heteroatoms. The van der Waals surface area contributed by atoms with Crippen molar-refractivity contribution in [1.29, 1.82) is 0 Å². The molecule has 154 valence electrons. The molecule has 0 spiro atoms. The van der Waals surface area contributed by atoms with Crippen LogP contribution in [-0.4, -0.2) is 53.4 Å². The van der Waals surface area contributed by atoms with Gasteiger partial charge in [0.1, 0.15) is 0 Å². The average molecular weight is 459 g/mol. The van der Waals surface area contributed by atoms with E-state index in [2.05, 4.69) is 4.90 Å². The van der Waals surface area contributed by atoms with E-state index in [4.69, 9.17) is 39.5 Å². The quantitative estimate of drug-likeness (QED) is 0.477. The second kappa shape index (κ2) is 9.63. The predicted molar refractivity (Wildman–Crippen MR) is 112 cm³/mol. The van der Waals surface area contributed by atoms with E-state index in [1.165, 1.54) is 6.07 Å². The van der Waals surface area contributed by atoms with E-state index in [0.717, 1.165) is 31.3 Å². The molecule has 0 radical (unpaired) electrons. The molecule has 29 heavy (non-hydrogen) atoms. The fourth-order valence-corrected chi connectivity index (χ4v) is 3.72. The Morgan fingerprint density at radius 1 is 1.03 bits per heavy atom. The summed E-state index contributed by atoms with van der Waals surface area (Å²) in [6, 6.07) is 10.2. The van der Waals surface area contributed by atoms with Crippen LogP contribution in [0.2, 0.25) is 15.1 Å². The van der Waals surface area contributed by atoms with Gasteiger partial charge in [0.25, 0.3) is 5.91 Å². The number of nitro groups is 1. The first-order chi connectivity index (χ1) is 13.8. The molecule has 2 aromatic rings. The number of benzene rings is 2. The van der Waals surface area contributed by atoms with Crippen LogP contribution >= 0.6 is 34.8 Å². The fraction of sp³-hybridized carbons (Fsp3) is 0.316. The topological polar surface area (TPSA) is 75.9 Å². The molecule has 0 N–H and O–H groups in total. The smallest absolute Gasteiger partial charge is 0.314 e. The van der Waals surface area contributed by atoms with Gasteiger partial charge in [0.2, 0.25) is 5.75 Å². The monoisotopic (exact) mass is 457 g/mol. The van der Waals surface area contributed by atoms with Gasteiger partial charge in [0.15, 0.2) is 6.61 Å². The Morgan fingerprint density at radius 3 is 2.31 bits per heavy atom. The molecule has 1 amide bonds. The Morgan fingerprint density at radius 2 is 1.69 bits per heavy atom. The number of piperazine rings is 1. The molecule has 0 atom stereocenters. The van der Waals surface area contributed by atoms with Gasteiger partial charge in [0, 0.05) is 48.8 Å². The summed E-state index contributed by atoms with van der Waals surface area (Å²) in [5.41, 5.74) is 0.783. The third-order valence-corrected chi connectivity index (χ3v) is 5.32. The molecule has 0 aromatic heterocycles. The second-order valence-electron chi connectivity index (χ2n) is 6.57. The van der Waals surface area contributed by atoms with Gasteiger partial charge in [-0.2, -0.15) is 0 Å². The van der Waals surface area contributed by atoms with Crippen LogP contribution in [0.3, 0.4) is 0 Å². The van der Waals surface area contributed by atoms with Crippen LogP contribution in [0.25, 0.3) is 0 Å². The minimum atomic E-state index is -0.646. The van der Waals surface area contributed by atoms with E-state index in [1.807, 2.05) is 24.3 Å². The zero-order chi connectivity index (χ0) is 21.0. The number of hydrogen-bond acceptors (Lipinski definition) is 5. The fourth-order valence-electron chi connectivity index (χ4n) is 3.05. The number of ether oxygens (including phenoxy) is 1. The number of carbonyl (C=O) groups excluding carboxylic acids is 1. The van der Waals surface area contributed by atoms with Crippen molar-refractivity contribution in [3.8, 4) is 5.75 Å². The highest BCUT2D eigenvalue weighted by Crippen LogP contribution is 2.37. The summed E-state index contributed by atoms with van der Waals surface area (Å²) in [5.74, 6) is -0.410. The first-order valence-electron chi connectivity index (χ1n) is 8.84. The third kappa shape index (κ3) is 5.73. The first-order valence-corrected chi connectivity index (χ1v) is 9.97. The van der Waals surface area contributed by atoms with E-state index < -0.39 is 4.92 Å². The lowest BCUT2D eigenvalue weighted by Crippen LogP contribution is -2.49. The van der Waals surface area contributed by atoms with Crippen molar-refractivity contribution >= 4 is 46.4 Å². The largest absolute Gasteiger partial charge is 0.476 e. The summed E-state index contributed by atoms with van der Waals surface area (Å²) in [4.78, 5) is 26.9. The van der Waals surface area contributed by atoms with Crippen LogP contribution < -0.4 is 4.74 Å². The van der Waals surface area contributed by atoms with Crippen molar-refractivity contribution in [1.82, 2.24) is 9.80 Å². The zero-order valence-corrected chi connectivity index (χ0v) is 17.6. The second-order valence-corrected chi connectivity index (χ2v) is 7.85. The minimum Gasteiger partial charge on any atom is -0.476 e. The molecule has 1 aliphatic rings. The Labute approximate surface area is 182 Å². The molecule has 3 rings (SSSR count). The summed E-state index contributed by atoms with van der Waals surface area (Å²) in [7, 11) is 0. The number of nitrogens with zero attached hydrogens (tertiary/aromatic N) is 3.